The van der Waals surface area contributed by atoms with Crippen LogP contribution < -0.4 is 15.7 Å². The molecule has 0 aliphatic carbocycles. The lowest BCUT2D eigenvalue weighted by atomic mass is 10.1. The van der Waals surface area contributed by atoms with Crippen LogP contribution in [0.2, 0.25) is 0 Å². The Morgan fingerprint density at radius 3 is 2.54 bits per heavy atom. The first-order valence-electron chi connectivity index (χ1n) is 9.11. The summed E-state index contributed by atoms with van der Waals surface area (Å²) in [5.41, 5.74) is 6.86. The van der Waals surface area contributed by atoms with Crippen molar-refractivity contribution in [3.8, 4) is 17.1 Å². The van der Waals surface area contributed by atoms with E-state index in [1.807, 2.05) is 73.7 Å². The van der Waals surface area contributed by atoms with Crippen molar-refractivity contribution in [1.82, 2.24) is 9.66 Å². The second kappa shape index (κ2) is 7.56. The van der Waals surface area contributed by atoms with E-state index in [0.29, 0.717) is 23.3 Å². The Bertz CT molecular complexity index is 1180. The number of rotatable bonds is 5. The lowest BCUT2D eigenvalue weighted by molar-refractivity contribution is 0.414. The molecule has 0 radical (unpaired) electrons. The number of aryl methyl sites for hydroxylation is 1. The molecule has 0 fully saturated rings. The second-order valence-electron chi connectivity index (χ2n) is 6.65. The zero-order valence-corrected chi connectivity index (χ0v) is 15.8. The Morgan fingerprint density at radius 2 is 1.79 bits per heavy atom. The van der Waals surface area contributed by atoms with E-state index in [1.54, 1.807) is 17.9 Å². The fourth-order valence-corrected chi connectivity index (χ4v) is 3.17. The van der Waals surface area contributed by atoms with Gasteiger partial charge in [-0.1, -0.05) is 48.0 Å². The first-order chi connectivity index (χ1) is 13.7. The van der Waals surface area contributed by atoms with Crippen LogP contribution >= 0.6 is 0 Å². The normalized spacial score (nSPS) is 10.8. The van der Waals surface area contributed by atoms with Gasteiger partial charge in [0.25, 0.3) is 5.56 Å². The summed E-state index contributed by atoms with van der Waals surface area (Å²) in [4.78, 5) is 17.9. The number of fused-ring (bicyclic) bond motifs is 1. The molecule has 1 heterocycles. The average Bonchev–Trinajstić information content (AvgIpc) is 2.73. The molecule has 140 valence electrons. The molecule has 28 heavy (non-hydrogen) atoms. The second-order valence-corrected chi connectivity index (χ2v) is 6.65. The summed E-state index contributed by atoms with van der Waals surface area (Å²) < 4.78 is 6.74. The van der Waals surface area contributed by atoms with Crippen molar-refractivity contribution >= 4 is 10.9 Å². The Kier molecular flexibility index (Phi) is 4.81. The standard InChI is InChI=1S/C23H21N3O2/c1-16-6-5-7-18(14-16)22-25-21-9-4-3-8-20(21)23(27)26(22)24-15-17-10-12-19(28-2)13-11-17/h3-14,24H,15H2,1-2H3. The number of methoxy groups -OCH3 is 1. The van der Waals surface area contributed by atoms with Crippen LogP contribution in [0.15, 0.2) is 77.6 Å². The SMILES string of the molecule is COc1ccc(CNn2c(-c3cccc(C)c3)nc3ccccc3c2=O)cc1. The van der Waals surface area contributed by atoms with Gasteiger partial charge in [0.2, 0.25) is 0 Å². The van der Waals surface area contributed by atoms with E-state index in [0.717, 1.165) is 22.4 Å². The van der Waals surface area contributed by atoms with Gasteiger partial charge in [-0.05, 0) is 42.8 Å². The maximum atomic E-state index is 13.2. The van der Waals surface area contributed by atoms with Crippen molar-refractivity contribution < 1.29 is 4.74 Å². The molecule has 5 heteroatoms. The molecule has 0 unspecified atom stereocenters. The monoisotopic (exact) mass is 371 g/mol. The summed E-state index contributed by atoms with van der Waals surface area (Å²) in [5, 5.41) is 0.584. The number of aromatic nitrogens is 2. The molecule has 0 atom stereocenters. The molecule has 1 aromatic heterocycles. The summed E-state index contributed by atoms with van der Waals surface area (Å²) >= 11 is 0. The van der Waals surface area contributed by atoms with Crippen molar-refractivity contribution in [3.05, 3.63) is 94.3 Å². The predicted molar refractivity (Wildman–Crippen MR) is 112 cm³/mol. The number of ether oxygens (including phenoxy) is 1. The van der Waals surface area contributed by atoms with Gasteiger partial charge in [-0.2, -0.15) is 0 Å². The first kappa shape index (κ1) is 17.8. The van der Waals surface area contributed by atoms with Crippen LogP contribution in [-0.4, -0.2) is 16.8 Å². The summed E-state index contributed by atoms with van der Waals surface area (Å²) in [6, 6.07) is 23.2. The molecule has 0 saturated heterocycles. The van der Waals surface area contributed by atoms with Gasteiger partial charge in [0.05, 0.1) is 24.6 Å². The minimum absolute atomic E-state index is 0.115. The van der Waals surface area contributed by atoms with Crippen molar-refractivity contribution in [3.63, 3.8) is 0 Å². The fourth-order valence-electron chi connectivity index (χ4n) is 3.17. The predicted octanol–water partition coefficient (Wildman–Crippen LogP) is 4.12. The van der Waals surface area contributed by atoms with Crippen molar-refractivity contribution in [2.75, 3.05) is 12.5 Å². The minimum Gasteiger partial charge on any atom is -0.497 e. The van der Waals surface area contributed by atoms with Crippen molar-refractivity contribution in [2.24, 2.45) is 0 Å². The molecule has 0 aliphatic heterocycles. The molecular weight excluding hydrogens is 350 g/mol. The summed E-state index contributed by atoms with van der Waals surface area (Å²) in [7, 11) is 1.64. The molecule has 3 aromatic carbocycles. The van der Waals surface area contributed by atoms with Crippen LogP contribution in [0.4, 0.5) is 0 Å². The third-order valence-corrected chi connectivity index (χ3v) is 4.65. The van der Waals surface area contributed by atoms with Crippen molar-refractivity contribution in [1.29, 1.82) is 0 Å². The highest BCUT2D eigenvalue weighted by Crippen LogP contribution is 2.20. The molecule has 0 spiro atoms. The van der Waals surface area contributed by atoms with Crippen LogP contribution in [0.3, 0.4) is 0 Å². The largest absolute Gasteiger partial charge is 0.497 e. The summed E-state index contributed by atoms with van der Waals surface area (Å²) in [6.45, 7) is 2.51. The lowest BCUT2D eigenvalue weighted by Crippen LogP contribution is -2.31. The fraction of sp³-hybridized carbons (Fsp3) is 0.130. The molecule has 5 nitrogen and oxygen atoms in total. The first-order valence-corrected chi connectivity index (χ1v) is 9.11. The Morgan fingerprint density at radius 1 is 1.00 bits per heavy atom. The molecule has 1 N–H and O–H groups in total. The number of benzene rings is 3. The van der Waals surface area contributed by atoms with Gasteiger partial charge in [-0.25, -0.2) is 9.66 Å². The van der Waals surface area contributed by atoms with Gasteiger partial charge in [0.1, 0.15) is 5.75 Å². The number of para-hydroxylation sites is 1. The summed E-state index contributed by atoms with van der Waals surface area (Å²) in [6.07, 6.45) is 0. The molecule has 0 saturated carbocycles. The van der Waals surface area contributed by atoms with E-state index in [2.05, 4.69) is 5.43 Å². The van der Waals surface area contributed by atoms with E-state index in [-0.39, 0.29) is 5.56 Å². The highest BCUT2D eigenvalue weighted by molar-refractivity contribution is 5.79. The van der Waals surface area contributed by atoms with Crippen LogP contribution in [-0.2, 0) is 6.54 Å². The van der Waals surface area contributed by atoms with Gasteiger partial charge < -0.3 is 10.2 Å². The lowest BCUT2D eigenvalue weighted by Gasteiger charge is -2.16. The molecule has 4 rings (SSSR count). The van der Waals surface area contributed by atoms with Crippen LogP contribution in [0.1, 0.15) is 11.1 Å². The van der Waals surface area contributed by atoms with Gasteiger partial charge in [0, 0.05) is 5.56 Å². The molecule has 0 amide bonds. The van der Waals surface area contributed by atoms with Gasteiger partial charge >= 0.3 is 0 Å². The molecule has 0 aliphatic rings. The minimum atomic E-state index is -0.115. The quantitative estimate of drug-likeness (QED) is 0.573. The highest BCUT2D eigenvalue weighted by atomic mass is 16.5. The number of nitrogens with zero attached hydrogens (tertiary/aromatic N) is 2. The third-order valence-electron chi connectivity index (χ3n) is 4.65. The van der Waals surface area contributed by atoms with E-state index in [9.17, 15) is 4.79 Å². The number of nitrogens with one attached hydrogen (secondary N) is 1. The molecule has 4 aromatic rings. The van der Waals surface area contributed by atoms with Gasteiger partial charge in [-0.3, -0.25) is 4.79 Å². The van der Waals surface area contributed by atoms with Crippen LogP contribution in [0.5, 0.6) is 5.75 Å². The van der Waals surface area contributed by atoms with Crippen molar-refractivity contribution in [2.45, 2.75) is 13.5 Å². The smallest absolute Gasteiger partial charge is 0.280 e. The van der Waals surface area contributed by atoms with Gasteiger partial charge in [-0.15, -0.1) is 0 Å². The van der Waals surface area contributed by atoms with E-state index in [4.69, 9.17) is 9.72 Å². The maximum Gasteiger partial charge on any atom is 0.280 e. The Balaban J connectivity index is 1.79. The zero-order chi connectivity index (χ0) is 19.5. The molecular formula is C23H21N3O2. The number of hydrogen-bond donors (Lipinski definition) is 1. The van der Waals surface area contributed by atoms with E-state index in [1.165, 1.54) is 0 Å². The third kappa shape index (κ3) is 3.47. The zero-order valence-electron chi connectivity index (χ0n) is 15.8. The molecule has 0 bridgehead atoms. The number of hydrogen-bond acceptors (Lipinski definition) is 4. The van der Waals surface area contributed by atoms with Gasteiger partial charge in [0.15, 0.2) is 5.82 Å². The summed E-state index contributed by atoms with van der Waals surface area (Å²) in [5.74, 6) is 1.40. The highest BCUT2D eigenvalue weighted by Gasteiger charge is 2.13. The average molecular weight is 371 g/mol. The Labute approximate surface area is 163 Å². The van der Waals surface area contributed by atoms with E-state index >= 15 is 0 Å². The Hall–Kier alpha value is -3.60. The maximum absolute atomic E-state index is 13.2. The topological polar surface area (TPSA) is 56.1 Å². The van der Waals surface area contributed by atoms with Crippen LogP contribution in [0.25, 0.3) is 22.3 Å². The van der Waals surface area contributed by atoms with E-state index < -0.39 is 0 Å². The van der Waals surface area contributed by atoms with Crippen LogP contribution in [0, 0.1) is 6.92 Å².